The Balaban J connectivity index is 2.48. The molecule has 0 aromatic carbocycles. The number of aromatic nitrogens is 3. The fourth-order valence-corrected chi connectivity index (χ4v) is 1.93. The first kappa shape index (κ1) is 11.1. The molecular weight excluding hydrogens is 200 g/mol. The van der Waals surface area contributed by atoms with Crippen LogP contribution in [0.2, 0.25) is 0 Å². The van der Waals surface area contributed by atoms with Crippen molar-refractivity contribution >= 4 is 11.0 Å². The lowest BCUT2D eigenvalue weighted by Crippen LogP contribution is -2.03. The van der Waals surface area contributed by atoms with Crippen LogP contribution >= 0.6 is 0 Å². The summed E-state index contributed by atoms with van der Waals surface area (Å²) in [5, 5.41) is 5.66. The molecule has 0 saturated carbocycles. The number of rotatable bonds is 4. The zero-order chi connectivity index (χ0) is 11.5. The van der Waals surface area contributed by atoms with Gasteiger partial charge in [-0.05, 0) is 37.9 Å². The number of hydrogen-bond acceptors (Lipinski definition) is 3. The zero-order valence-corrected chi connectivity index (χ0v) is 9.90. The van der Waals surface area contributed by atoms with Crippen LogP contribution in [-0.4, -0.2) is 21.3 Å². The molecule has 0 radical (unpaired) electrons. The monoisotopic (exact) mass is 218 g/mol. The summed E-state index contributed by atoms with van der Waals surface area (Å²) in [6.45, 7) is 5.76. The van der Waals surface area contributed by atoms with Gasteiger partial charge in [0.05, 0.1) is 5.69 Å². The number of aryl methyl sites for hydroxylation is 2. The summed E-state index contributed by atoms with van der Waals surface area (Å²) in [6.07, 6.45) is 3.85. The van der Waals surface area contributed by atoms with Crippen molar-refractivity contribution < 1.29 is 0 Å². The summed E-state index contributed by atoms with van der Waals surface area (Å²) in [4.78, 5) is 4.48. The van der Waals surface area contributed by atoms with E-state index in [-0.39, 0.29) is 0 Å². The van der Waals surface area contributed by atoms with Crippen molar-refractivity contribution in [1.29, 1.82) is 0 Å². The Morgan fingerprint density at radius 2 is 2.25 bits per heavy atom. The van der Waals surface area contributed by atoms with Crippen LogP contribution in [-0.2, 0) is 13.0 Å². The Kier molecular flexibility index (Phi) is 3.19. The maximum absolute atomic E-state index is 5.55. The lowest BCUT2D eigenvalue weighted by Gasteiger charge is -2.01. The van der Waals surface area contributed by atoms with Crippen molar-refractivity contribution in [2.24, 2.45) is 5.73 Å². The highest BCUT2D eigenvalue weighted by atomic mass is 15.3. The molecule has 2 aromatic rings. The van der Waals surface area contributed by atoms with E-state index in [9.17, 15) is 0 Å². The first-order valence-electron chi connectivity index (χ1n) is 5.78. The molecule has 2 aromatic heterocycles. The second-order valence-electron chi connectivity index (χ2n) is 4.06. The molecule has 4 heteroatoms. The summed E-state index contributed by atoms with van der Waals surface area (Å²) in [5.74, 6) is 0. The minimum atomic E-state index is 0.662. The summed E-state index contributed by atoms with van der Waals surface area (Å²) in [6, 6.07) is 2.16. The van der Waals surface area contributed by atoms with E-state index in [1.54, 1.807) is 0 Å². The molecule has 0 unspecified atom stereocenters. The summed E-state index contributed by atoms with van der Waals surface area (Å²) >= 11 is 0. The van der Waals surface area contributed by atoms with Crippen LogP contribution in [0.4, 0.5) is 0 Å². The van der Waals surface area contributed by atoms with Gasteiger partial charge in [0.2, 0.25) is 0 Å². The molecule has 4 nitrogen and oxygen atoms in total. The Hall–Kier alpha value is -1.42. The predicted octanol–water partition coefficient (Wildman–Crippen LogP) is 1.65. The van der Waals surface area contributed by atoms with Crippen molar-refractivity contribution in [1.82, 2.24) is 14.8 Å². The zero-order valence-electron chi connectivity index (χ0n) is 9.90. The molecule has 0 fully saturated rings. The lowest BCUT2D eigenvalue weighted by molar-refractivity contribution is 0.612. The summed E-state index contributed by atoms with van der Waals surface area (Å²) in [7, 11) is 0. The maximum atomic E-state index is 5.55. The molecule has 2 rings (SSSR count). The molecule has 0 spiro atoms. The van der Waals surface area contributed by atoms with Gasteiger partial charge < -0.3 is 5.73 Å². The Bertz CT molecular complexity index is 487. The van der Waals surface area contributed by atoms with E-state index in [0.717, 1.165) is 36.1 Å². The topological polar surface area (TPSA) is 56.7 Å². The molecule has 86 valence electrons. The average molecular weight is 218 g/mol. The van der Waals surface area contributed by atoms with Gasteiger partial charge in [0, 0.05) is 18.1 Å². The third-order valence-electron chi connectivity index (χ3n) is 2.70. The molecule has 0 saturated heterocycles. The van der Waals surface area contributed by atoms with Crippen LogP contribution in [0, 0.1) is 6.92 Å². The van der Waals surface area contributed by atoms with Gasteiger partial charge in [-0.1, -0.05) is 6.92 Å². The number of fused-ring (bicyclic) bond motifs is 1. The molecule has 0 aliphatic carbocycles. The van der Waals surface area contributed by atoms with E-state index in [1.165, 1.54) is 5.56 Å². The second-order valence-corrected chi connectivity index (χ2v) is 4.06. The fourth-order valence-electron chi connectivity index (χ4n) is 1.93. The van der Waals surface area contributed by atoms with Crippen LogP contribution in [0.25, 0.3) is 11.0 Å². The SMILES string of the molecule is CCCn1nc(C)c2cc(CCN)cnc21. The molecule has 2 heterocycles. The van der Waals surface area contributed by atoms with Crippen LogP contribution in [0.5, 0.6) is 0 Å². The maximum Gasteiger partial charge on any atom is 0.157 e. The van der Waals surface area contributed by atoms with Crippen LogP contribution in [0.15, 0.2) is 12.3 Å². The highest BCUT2D eigenvalue weighted by Gasteiger charge is 2.08. The highest BCUT2D eigenvalue weighted by molar-refractivity contribution is 5.78. The van der Waals surface area contributed by atoms with E-state index >= 15 is 0 Å². The summed E-state index contributed by atoms with van der Waals surface area (Å²) < 4.78 is 1.98. The van der Waals surface area contributed by atoms with Gasteiger partial charge in [-0.3, -0.25) is 0 Å². The molecule has 2 N–H and O–H groups in total. The molecular formula is C12H18N4. The Morgan fingerprint density at radius 1 is 1.44 bits per heavy atom. The van der Waals surface area contributed by atoms with Crippen molar-refractivity contribution in [3.63, 3.8) is 0 Å². The van der Waals surface area contributed by atoms with Crippen molar-refractivity contribution in [3.05, 3.63) is 23.5 Å². The minimum Gasteiger partial charge on any atom is -0.330 e. The molecule has 0 atom stereocenters. The molecule has 0 bridgehead atoms. The normalized spacial score (nSPS) is 11.2. The predicted molar refractivity (Wildman–Crippen MR) is 65.3 cm³/mol. The van der Waals surface area contributed by atoms with Gasteiger partial charge in [0.15, 0.2) is 5.65 Å². The quantitative estimate of drug-likeness (QED) is 0.849. The Labute approximate surface area is 95.5 Å². The first-order chi connectivity index (χ1) is 7.76. The van der Waals surface area contributed by atoms with Crippen molar-refractivity contribution in [2.45, 2.75) is 33.2 Å². The second kappa shape index (κ2) is 4.61. The third kappa shape index (κ3) is 1.93. The summed E-state index contributed by atoms with van der Waals surface area (Å²) in [5.41, 5.74) is 8.77. The van der Waals surface area contributed by atoms with E-state index in [0.29, 0.717) is 6.54 Å². The molecule has 0 aliphatic rings. The number of nitrogens with zero attached hydrogens (tertiary/aromatic N) is 3. The van der Waals surface area contributed by atoms with E-state index < -0.39 is 0 Å². The highest BCUT2D eigenvalue weighted by Crippen LogP contribution is 2.17. The standard InChI is InChI=1S/C12H18N4/c1-3-6-16-12-11(9(2)15-16)7-10(4-5-13)8-14-12/h7-8H,3-6,13H2,1-2H3. The van der Waals surface area contributed by atoms with Crippen molar-refractivity contribution in [3.8, 4) is 0 Å². The van der Waals surface area contributed by atoms with Gasteiger partial charge in [0.25, 0.3) is 0 Å². The van der Waals surface area contributed by atoms with Gasteiger partial charge >= 0.3 is 0 Å². The van der Waals surface area contributed by atoms with E-state index in [1.807, 2.05) is 17.8 Å². The molecule has 16 heavy (non-hydrogen) atoms. The van der Waals surface area contributed by atoms with E-state index in [4.69, 9.17) is 5.73 Å². The third-order valence-corrected chi connectivity index (χ3v) is 2.70. The van der Waals surface area contributed by atoms with Crippen molar-refractivity contribution in [2.75, 3.05) is 6.54 Å². The fraction of sp³-hybridized carbons (Fsp3) is 0.500. The smallest absolute Gasteiger partial charge is 0.157 e. The largest absolute Gasteiger partial charge is 0.330 e. The Morgan fingerprint density at radius 3 is 2.94 bits per heavy atom. The van der Waals surface area contributed by atoms with Gasteiger partial charge in [0.1, 0.15) is 0 Å². The van der Waals surface area contributed by atoms with Gasteiger partial charge in [-0.25, -0.2) is 9.67 Å². The number of nitrogens with two attached hydrogens (primary N) is 1. The first-order valence-corrected chi connectivity index (χ1v) is 5.78. The lowest BCUT2D eigenvalue weighted by atomic mass is 10.1. The minimum absolute atomic E-state index is 0.662. The van der Waals surface area contributed by atoms with Crippen LogP contribution in [0.1, 0.15) is 24.6 Å². The molecule has 0 amide bonds. The average Bonchev–Trinajstić information content (AvgIpc) is 2.57. The number of hydrogen-bond donors (Lipinski definition) is 1. The molecule has 0 aliphatic heterocycles. The van der Waals surface area contributed by atoms with Gasteiger partial charge in [-0.15, -0.1) is 0 Å². The van der Waals surface area contributed by atoms with Crippen LogP contribution < -0.4 is 5.73 Å². The number of pyridine rings is 1. The van der Waals surface area contributed by atoms with Gasteiger partial charge in [-0.2, -0.15) is 5.10 Å². The van der Waals surface area contributed by atoms with Crippen LogP contribution in [0.3, 0.4) is 0 Å². The van der Waals surface area contributed by atoms with E-state index in [2.05, 4.69) is 23.1 Å².